The van der Waals surface area contributed by atoms with Gasteiger partial charge in [0, 0.05) is 68.8 Å². The Morgan fingerprint density at radius 3 is 2.13 bits per heavy atom. The van der Waals surface area contributed by atoms with E-state index in [1.807, 2.05) is 70.0 Å². The Bertz CT molecular complexity index is 2750. The second-order valence-corrected chi connectivity index (χ2v) is 24.2. The molecule has 4 rings (SSSR count). The first-order valence-electron chi connectivity index (χ1n) is 30.2. The molecule has 1 fully saturated rings. The van der Waals surface area contributed by atoms with Crippen LogP contribution >= 0.6 is 11.3 Å². The van der Waals surface area contributed by atoms with Crippen molar-refractivity contribution >= 4 is 76.3 Å². The number of thiazole rings is 1. The number of hydrogen-bond donors (Lipinski definition) is 9. The molecule has 3 aromatic rings. The first kappa shape index (κ1) is 72.0. The maximum atomic E-state index is 14.4. The molecule has 0 unspecified atom stereocenters. The molecule has 10 N–H and O–H groups in total. The molecule has 1 aliphatic heterocycles. The Morgan fingerprint density at radius 2 is 1.51 bits per heavy atom. The molecule has 9 atom stereocenters. The number of carboxylic acids is 1. The van der Waals surface area contributed by atoms with E-state index in [4.69, 9.17) is 20.4 Å². The molecule has 1 aliphatic rings. The third kappa shape index (κ3) is 24.7. The lowest BCUT2D eigenvalue weighted by Crippen LogP contribution is -2.58. The van der Waals surface area contributed by atoms with Crippen molar-refractivity contribution in [2.24, 2.45) is 29.4 Å². The van der Waals surface area contributed by atoms with Gasteiger partial charge < -0.3 is 52.4 Å². The largest absolute Gasteiger partial charge is 0.481 e. The number of nitrogens with two attached hydrogens (primary N) is 1. The standard InChI is InChI=1S/C62H93N11O13S/c1-11-39(6)54(70-58(81)48-23-16-18-31-72(48)9)61(83)73(10)49(37(2)3)34-50(86-41(8)74)60-68-47(36-87-60)57(80)66-45(33-42-20-13-12-14-21-42)32-40(7)55(78)71-85-35-43-26-28-44(29-27-43)65-56(79)46(22-15-17-30-64-62(63)84)67-59(82)53(38(4)5)69-51(75)24-19-25-52(76)77/h12-14,20-21,26-29,36-40,45-46,48-50,53-54H,11,15-19,22-25,30-35H2,1-10H3,(H,65,79)(H,66,80)(H,67,82)(H,69,75)(H,70,81)(H,71,78)(H,76,77)(H3,63,64,84)/t39-,40-,45+,46-,48+,49+,50+,53-,54-/m0/s1. The monoisotopic (exact) mass is 1230 g/mol. The van der Waals surface area contributed by atoms with Crippen molar-refractivity contribution in [3.05, 3.63) is 81.8 Å². The average molecular weight is 1230 g/mol. The number of ether oxygens (including phenoxy) is 1. The predicted molar refractivity (Wildman–Crippen MR) is 329 cm³/mol. The Balaban J connectivity index is 1.40. The lowest BCUT2D eigenvalue weighted by molar-refractivity contribution is -0.149. The van der Waals surface area contributed by atoms with Crippen LogP contribution in [0.25, 0.3) is 0 Å². The third-order valence-electron chi connectivity index (χ3n) is 15.5. The number of unbranched alkanes of at least 4 members (excludes halogenated alkanes) is 1. The molecule has 2 heterocycles. The van der Waals surface area contributed by atoms with Gasteiger partial charge in [0.05, 0.1) is 12.6 Å². The van der Waals surface area contributed by atoms with Crippen LogP contribution in [0.4, 0.5) is 10.5 Å². The van der Waals surface area contributed by atoms with Crippen LogP contribution in [0, 0.1) is 23.7 Å². The number of piperidine rings is 1. The Kier molecular flexibility index (Phi) is 30.3. The zero-order valence-electron chi connectivity index (χ0n) is 52.1. The van der Waals surface area contributed by atoms with Gasteiger partial charge in [-0.15, -0.1) is 11.3 Å². The highest BCUT2D eigenvalue weighted by molar-refractivity contribution is 7.09. The van der Waals surface area contributed by atoms with E-state index in [2.05, 4.69) is 42.4 Å². The number of rotatable bonds is 36. The summed E-state index contributed by atoms with van der Waals surface area (Å²) in [7, 11) is 3.63. The number of nitrogens with zero attached hydrogens (tertiary/aromatic N) is 3. The molecule has 0 radical (unpaired) electrons. The first-order chi connectivity index (χ1) is 41.3. The number of carbonyl (C=O) groups is 10. The molecule has 24 nitrogen and oxygen atoms in total. The number of benzene rings is 2. The van der Waals surface area contributed by atoms with Crippen LogP contribution in [0.2, 0.25) is 0 Å². The van der Waals surface area contributed by atoms with E-state index in [1.165, 1.54) is 6.92 Å². The van der Waals surface area contributed by atoms with Gasteiger partial charge in [0.15, 0.2) is 6.10 Å². The normalized spacial score (nSPS) is 16.1. The fourth-order valence-electron chi connectivity index (χ4n) is 10.2. The fourth-order valence-corrected chi connectivity index (χ4v) is 11.1. The van der Waals surface area contributed by atoms with Gasteiger partial charge in [0.25, 0.3) is 5.91 Å². The second-order valence-electron chi connectivity index (χ2n) is 23.4. The van der Waals surface area contributed by atoms with E-state index < -0.39 is 89.7 Å². The van der Waals surface area contributed by atoms with Crippen LogP contribution in [0.15, 0.2) is 60.0 Å². The SMILES string of the molecule is CC[C@H](C)[C@H](NC(=O)[C@H]1CCCCN1C)C(=O)N(C)[C@H](C[C@@H](OC(C)=O)c1nc(C(=O)N[C@@H](Cc2ccccc2)C[C@H](C)C(=O)NOCc2ccc(NC(=O)[C@H](CCCCNC(N)=O)NC(=O)[C@@H](NC(=O)CCCC(=O)O)C(C)C)cc2)cs1)C(C)C. The van der Waals surface area contributed by atoms with E-state index in [9.17, 15) is 47.9 Å². The number of esters is 1. The Morgan fingerprint density at radius 1 is 0.805 bits per heavy atom. The molecular formula is C62H93N11O13S. The van der Waals surface area contributed by atoms with Gasteiger partial charge in [-0.1, -0.05) is 104 Å². The molecule has 0 saturated carbocycles. The highest BCUT2D eigenvalue weighted by atomic mass is 32.1. The molecule has 1 aromatic heterocycles. The van der Waals surface area contributed by atoms with Crippen molar-refractivity contribution in [2.75, 3.05) is 32.5 Å². The number of likely N-dealkylation sites (tertiary alicyclic amines) is 1. The van der Waals surface area contributed by atoms with Crippen molar-refractivity contribution in [3.8, 4) is 0 Å². The molecule has 2 aromatic carbocycles. The maximum Gasteiger partial charge on any atom is 0.312 e. The minimum absolute atomic E-state index is 0.0479. The van der Waals surface area contributed by atoms with Gasteiger partial charge in [-0.25, -0.2) is 15.3 Å². The minimum atomic E-state index is -1.05. The summed E-state index contributed by atoms with van der Waals surface area (Å²) in [4.78, 5) is 144. The number of likely N-dealkylation sites (N-methyl/N-ethyl adjacent to an activating group) is 2. The van der Waals surface area contributed by atoms with E-state index in [-0.39, 0.29) is 93.0 Å². The van der Waals surface area contributed by atoms with E-state index in [0.717, 1.165) is 36.3 Å². The van der Waals surface area contributed by atoms with E-state index in [1.54, 1.807) is 62.4 Å². The Hall–Kier alpha value is -7.51. The number of amides is 9. The number of nitrogens with one attached hydrogen (secondary N) is 7. The maximum absolute atomic E-state index is 14.4. The van der Waals surface area contributed by atoms with Gasteiger partial charge >= 0.3 is 18.0 Å². The Labute approximate surface area is 515 Å². The summed E-state index contributed by atoms with van der Waals surface area (Å²) in [5.41, 5.74) is 9.72. The second kappa shape index (κ2) is 36.6. The summed E-state index contributed by atoms with van der Waals surface area (Å²) in [6, 6.07) is 11.2. The molecular weight excluding hydrogens is 1140 g/mol. The van der Waals surface area contributed by atoms with E-state index >= 15 is 0 Å². The smallest absolute Gasteiger partial charge is 0.312 e. The molecule has 0 spiro atoms. The predicted octanol–water partition coefficient (Wildman–Crippen LogP) is 5.91. The third-order valence-corrected chi connectivity index (χ3v) is 16.5. The van der Waals surface area contributed by atoms with Crippen molar-refractivity contribution in [1.29, 1.82) is 0 Å². The minimum Gasteiger partial charge on any atom is -0.481 e. The number of primary amides is 1. The quantitative estimate of drug-likeness (QED) is 0.0186. The number of aromatic nitrogens is 1. The number of carbonyl (C=O) groups excluding carboxylic acids is 9. The van der Waals surface area contributed by atoms with Crippen LogP contribution in [0.5, 0.6) is 0 Å². The molecule has 87 heavy (non-hydrogen) atoms. The number of urea groups is 1. The van der Waals surface area contributed by atoms with Gasteiger partial charge in [-0.05, 0) is 106 Å². The van der Waals surface area contributed by atoms with Crippen molar-refractivity contribution in [1.82, 2.24) is 46.8 Å². The zero-order chi connectivity index (χ0) is 64.3. The van der Waals surface area contributed by atoms with Crippen LogP contribution in [0.1, 0.15) is 165 Å². The van der Waals surface area contributed by atoms with Gasteiger partial charge in [-0.3, -0.25) is 52.9 Å². The number of hydroxylamine groups is 1. The first-order valence-corrected chi connectivity index (χ1v) is 31.1. The molecule has 1 saturated heterocycles. The molecule has 0 bridgehead atoms. The number of hydrogen-bond acceptors (Lipinski definition) is 15. The molecule has 25 heteroatoms. The van der Waals surface area contributed by atoms with Crippen molar-refractivity contribution < 1.29 is 62.6 Å². The van der Waals surface area contributed by atoms with Crippen LogP contribution in [-0.4, -0.2) is 143 Å². The van der Waals surface area contributed by atoms with E-state index in [0.29, 0.717) is 48.4 Å². The van der Waals surface area contributed by atoms with Crippen molar-refractivity contribution in [2.45, 2.75) is 188 Å². The molecule has 480 valence electrons. The summed E-state index contributed by atoms with van der Waals surface area (Å²) in [6.45, 7) is 15.3. The number of anilines is 1. The highest BCUT2D eigenvalue weighted by Crippen LogP contribution is 2.31. The van der Waals surface area contributed by atoms with Gasteiger partial charge in [0.1, 0.15) is 28.8 Å². The zero-order valence-corrected chi connectivity index (χ0v) is 52.9. The number of carboxylic acid groups (broad SMARTS) is 1. The fraction of sp³-hybridized carbons (Fsp3) is 0.597. The van der Waals surface area contributed by atoms with Crippen molar-refractivity contribution in [3.63, 3.8) is 0 Å². The summed E-state index contributed by atoms with van der Waals surface area (Å²) >= 11 is 1.15. The summed E-state index contributed by atoms with van der Waals surface area (Å²) in [5.74, 6) is -5.92. The lowest BCUT2D eigenvalue weighted by atomic mass is 9.92. The topological polar surface area (TPSA) is 339 Å². The van der Waals surface area contributed by atoms with Crippen LogP contribution in [0.3, 0.4) is 0 Å². The lowest BCUT2D eigenvalue weighted by Gasteiger charge is -2.38. The highest BCUT2D eigenvalue weighted by Gasteiger charge is 2.38. The molecule has 9 amide bonds. The summed E-state index contributed by atoms with van der Waals surface area (Å²) in [5, 5.41) is 27.8. The number of aliphatic carboxylic acids is 1. The van der Waals surface area contributed by atoms with Gasteiger partial charge in [-0.2, -0.15) is 0 Å². The summed E-state index contributed by atoms with van der Waals surface area (Å²) in [6.07, 6.45) is 4.00. The van der Waals surface area contributed by atoms with Crippen LogP contribution < -0.4 is 43.1 Å². The average Bonchev–Trinajstić information content (AvgIpc) is 2.44. The molecule has 0 aliphatic carbocycles. The van der Waals surface area contributed by atoms with Crippen LogP contribution in [-0.2, 0) is 61.0 Å². The summed E-state index contributed by atoms with van der Waals surface area (Å²) < 4.78 is 5.87. The van der Waals surface area contributed by atoms with Gasteiger partial charge in [0.2, 0.25) is 35.4 Å².